The summed E-state index contributed by atoms with van der Waals surface area (Å²) in [6.45, 7) is 6.66. The molecule has 13 heteroatoms. The Labute approximate surface area is 243 Å². The zero-order valence-corrected chi connectivity index (χ0v) is 24.1. The number of ether oxygens (including phenoxy) is 1. The molecule has 42 heavy (non-hydrogen) atoms. The van der Waals surface area contributed by atoms with Gasteiger partial charge in [0.2, 0.25) is 5.95 Å². The fraction of sp³-hybridized carbons (Fsp3) is 0.552. The van der Waals surface area contributed by atoms with Crippen LogP contribution in [0.2, 0.25) is 0 Å². The van der Waals surface area contributed by atoms with Crippen LogP contribution in [0, 0.1) is 11.6 Å². The molecule has 0 bridgehead atoms. The Hall–Kier alpha value is -4.03. The number of carbonyl (C=O) groups is 3. The molecular weight excluding hydrogens is 548 g/mol. The summed E-state index contributed by atoms with van der Waals surface area (Å²) in [5.74, 6) is -1.63. The lowest BCUT2D eigenvalue weighted by molar-refractivity contribution is 0.0503. The monoisotopic (exact) mass is 585 g/mol. The molecule has 3 aliphatic rings. The van der Waals surface area contributed by atoms with E-state index in [-0.39, 0.29) is 36.6 Å². The van der Waals surface area contributed by atoms with E-state index in [1.54, 1.807) is 30.6 Å². The van der Waals surface area contributed by atoms with Crippen LogP contribution < -0.4 is 16.0 Å². The molecule has 2 unspecified atom stereocenters. The van der Waals surface area contributed by atoms with Crippen molar-refractivity contribution in [2.45, 2.75) is 76.1 Å². The third kappa shape index (κ3) is 6.71. The molecule has 3 heterocycles. The van der Waals surface area contributed by atoms with Gasteiger partial charge in [0.15, 0.2) is 0 Å². The molecule has 1 aromatic heterocycles. The zero-order valence-electron chi connectivity index (χ0n) is 24.1. The average Bonchev–Trinajstić information content (AvgIpc) is 3.68. The minimum atomic E-state index is -0.735. The fourth-order valence-corrected chi connectivity index (χ4v) is 5.78. The van der Waals surface area contributed by atoms with Gasteiger partial charge in [-0.25, -0.2) is 28.3 Å². The highest BCUT2D eigenvalue weighted by atomic mass is 19.1. The molecule has 3 fully saturated rings. The van der Waals surface area contributed by atoms with Gasteiger partial charge in [0.1, 0.15) is 17.2 Å². The molecule has 4 amide bonds. The Morgan fingerprint density at radius 3 is 2.26 bits per heavy atom. The number of carbonyl (C=O) groups excluding carboxylic acids is 3. The van der Waals surface area contributed by atoms with Gasteiger partial charge < -0.3 is 30.5 Å². The van der Waals surface area contributed by atoms with E-state index in [1.165, 1.54) is 12.4 Å². The van der Waals surface area contributed by atoms with Crippen LogP contribution in [0.5, 0.6) is 0 Å². The molecule has 5 rings (SSSR count). The lowest BCUT2D eigenvalue weighted by Crippen LogP contribution is -2.50. The molecule has 1 aromatic carbocycles. The normalized spacial score (nSPS) is 21.3. The van der Waals surface area contributed by atoms with E-state index in [4.69, 9.17) is 10.5 Å². The number of likely N-dealkylation sites (tertiary alicyclic amines) is 1. The van der Waals surface area contributed by atoms with E-state index >= 15 is 0 Å². The van der Waals surface area contributed by atoms with E-state index in [1.807, 2.05) is 4.90 Å². The van der Waals surface area contributed by atoms with Crippen molar-refractivity contribution < 1.29 is 27.9 Å². The van der Waals surface area contributed by atoms with Gasteiger partial charge in [-0.15, -0.1) is 0 Å². The number of benzene rings is 1. The number of urea groups is 1. The Morgan fingerprint density at radius 1 is 1.02 bits per heavy atom. The molecule has 1 saturated carbocycles. The second kappa shape index (κ2) is 11.7. The first-order valence-corrected chi connectivity index (χ1v) is 14.3. The first-order valence-electron chi connectivity index (χ1n) is 14.3. The minimum absolute atomic E-state index is 0.000433. The second-order valence-corrected chi connectivity index (χ2v) is 12.2. The minimum Gasteiger partial charge on any atom is -0.444 e. The Bertz CT molecular complexity index is 1320. The van der Waals surface area contributed by atoms with Crippen molar-refractivity contribution in [3.63, 3.8) is 0 Å². The number of rotatable bonds is 6. The first-order chi connectivity index (χ1) is 19.9. The van der Waals surface area contributed by atoms with Crippen LogP contribution in [0.4, 0.5) is 24.3 Å². The molecule has 3 N–H and O–H groups in total. The first kappa shape index (κ1) is 29.5. The van der Waals surface area contributed by atoms with Gasteiger partial charge in [-0.05, 0) is 70.2 Å². The number of amides is 4. The maximum Gasteiger partial charge on any atom is 0.407 e. The highest BCUT2D eigenvalue weighted by molar-refractivity contribution is 5.94. The van der Waals surface area contributed by atoms with Crippen molar-refractivity contribution in [2.75, 3.05) is 31.1 Å². The van der Waals surface area contributed by atoms with Crippen LogP contribution in [0.25, 0.3) is 0 Å². The van der Waals surface area contributed by atoms with E-state index in [9.17, 15) is 23.2 Å². The standard InChI is InChI=1S/C29H37F2N7O4/c1-29(2,3)42-28(41)35-24-16-37(15-22(24)21-12-18(30)4-7-23(21)31)27-33-13-17(14-34-27)25(39)38(19-5-6-19)20-8-10-36(11-9-20)26(32)40/h4,7,12-14,19-20,22,24H,5-6,8-11,15-16H2,1-3H3,(H2,32,40)(H,35,41). The van der Waals surface area contributed by atoms with Crippen LogP contribution in [-0.4, -0.2) is 87.7 Å². The van der Waals surface area contributed by atoms with E-state index in [0.717, 1.165) is 31.0 Å². The van der Waals surface area contributed by atoms with Crippen molar-refractivity contribution >= 4 is 24.0 Å². The molecule has 2 aromatic rings. The molecular formula is C29H37F2N7O4. The van der Waals surface area contributed by atoms with E-state index in [2.05, 4.69) is 15.3 Å². The SMILES string of the molecule is CC(C)(C)OC(=O)NC1CN(c2ncc(C(=O)N(C3CC3)C3CCN(C(N)=O)CC3)cn2)CC1c1cc(F)ccc1F. The summed E-state index contributed by atoms with van der Waals surface area (Å²) in [5, 5.41) is 2.80. The Balaban J connectivity index is 1.32. The third-order valence-electron chi connectivity index (χ3n) is 7.89. The average molecular weight is 586 g/mol. The van der Waals surface area contributed by atoms with Gasteiger partial charge in [-0.3, -0.25) is 4.79 Å². The van der Waals surface area contributed by atoms with E-state index in [0.29, 0.717) is 37.4 Å². The zero-order chi connectivity index (χ0) is 30.2. The van der Waals surface area contributed by atoms with Crippen molar-refractivity contribution in [1.82, 2.24) is 25.1 Å². The summed E-state index contributed by atoms with van der Waals surface area (Å²) >= 11 is 0. The summed E-state index contributed by atoms with van der Waals surface area (Å²) in [6, 6.07) is 2.34. The molecule has 226 valence electrons. The van der Waals surface area contributed by atoms with Crippen LogP contribution in [0.15, 0.2) is 30.6 Å². The molecule has 11 nitrogen and oxygen atoms in total. The van der Waals surface area contributed by atoms with Gasteiger partial charge in [0.25, 0.3) is 5.91 Å². The quantitative estimate of drug-likeness (QED) is 0.531. The molecule has 2 saturated heterocycles. The Kier molecular flexibility index (Phi) is 8.20. The van der Waals surface area contributed by atoms with Crippen LogP contribution >= 0.6 is 0 Å². The Morgan fingerprint density at radius 2 is 1.67 bits per heavy atom. The predicted molar refractivity (Wildman–Crippen MR) is 150 cm³/mol. The maximum absolute atomic E-state index is 14.8. The topological polar surface area (TPSA) is 134 Å². The van der Waals surface area contributed by atoms with Gasteiger partial charge in [0, 0.05) is 56.6 Å². The highest BCUT2D eigenvalue weighted by Crippen LogP contribution is 2.34. The van der Waals surface area contributed by atoms with Gasteiger partial charge in [-0.1, -0.05) is 0 Å². The molecule has 2 atom stereocenters. The van der Waals surface area contributed by atoms with Crippen LogP contribution in [0.1, 0.15) is 68.3 Å². The summed E-state index contributed by atoms with van der Waals surface area (Å²) in [7, 11) is 0. The number of primary amides is 1. The van der Waals surface area contributed by atoms with Crippen molar-refractivity contribution in [2.24, 2.45) is 5.73 Å². The van der Waals surface area contributed by atoms with Crippen LogP contribution in [0.3, 0.4) is 0 Å². The number of halogens is 2. The molecule has 0 spiro atoms. The van der Waals surface area contributed by atoms with E-state index < -0.39 is 41.3 Å². The summed E-state index contributed by atoms with van der Waals surface area (Å²) in [5.41, 5.74) is 5.16. The number of alkyl carbamates (subject to hydrolysis) is 1. The number of nitrogens with two attached hydrogens (primary N) is 1. The number of nitrogens with zero attached hydrogens (tertiary/aromatic N) is 5. The van der Waals surface area contributed by atoms with Gasteiger partial charge in [0.05, 0.1) is 11.6 Å². The lowest BCUT2D eigenvalue weighted by Gasteiger charge is -2.38. The summed E-state index contributed by atoms with van der Waals surface area (Å²) in [4.78, 5) is 51.8. The number of nitrogens with one attached hydrogen (secondary N) is 1. The predicted octanol–water partition coefficient (Wildman–Crippen LogP) is 3.40. The second-order valence-electron chi connectivity index (χ2n) is 12.2. The van der Waals surface area contributed by atoms with Crippen molar-refractivity contribution in [3.05, 3.63) is 53.4 Å². The fourth-order valence-electron chi connectivity index (χ4n) is 5.78. The number of aromatic nitrogens is 2. The molecule has 2 aliphatic heterocycles. The van der Waals surface area contributed by atoms with Crippen molar-refractivity contribution in [1.29, 1.82) is 0 Å². The number of hydrogen-bond donors (Lipinski definition) is 2. The van der Waals surface area contributed by atoms with Crippen molar-refractivity contribution in [3.8, 4) is 0 Å². The smallest absolute Gasteiger partial charge is 0.407 e. The largest absolute Gasteiger partial charge is 0.444 e. The van der Waals surface area contributed by atoms with Gasteiger partial charge in [-0.2, -0.15) is 0 Å². The summed E-state index contributed by atoms with van der Waals surface area (Å²) < 4.78 is 34.3. The number of piperidine rings is 1. The van der Waals surface area contributed by atoms with Gasteiger partial charge >= 0.3 is 12.1 Å². The van der Waals surface area contributed by atoms with Crippen LogP contribution in [-0.2, 0) is 4.74 Å². The third-order valence-corrected chi connectivity index (χ3v) is 7.89. The molecule has 0 radical (unpaired) electrons. The highest BCUT2D eigenvalue weighted by Gasteiger charge is 2.41. The summed E-state index contributed by atoms with van der Waals surface area (Å²) in [6.07, 6.45) is 5.46. The maximum atomic E-state index is 14.8. The number of anilines is 1. The number of hydrogen-bond acceptors (Lipinski definition) is 7. The molecule has 1 aliphatic carbocycles. The lowest BCUT2D eigenvalue weighted by atomic mass is 9.94.